The van der Waals surface area contributed by atoms with Crippen molar-refractivity contribution in [3.8, 4) is 0 Å². The summed E-state index contributed by atoms with van der Waals surface area (Å²) in [6.45, 7) is 3.41. The van der Waals surface area contributed by atoms with Crippen LogP contribution < -0.4 is 5.32 Å². The van der Waals surface area contributed by atoms with Gasteiger partial charge in [-0.05, 0) is 32.6 Å². The average molecular weight is 281 g/mol. The Morgan fingerprint density at radius 2 is 1.90 bits per heavy atom. The Labute approximate surface area is 119 Å². The molecule has 0 aromatic rings. The van der Waals surface area contributed by atoms with Crippen LogP contribution in [-0.4, -0.2) is 59.7 Å². The van der Waals surface area contributed by atoms with Crippen molar-refractivity contribution in [2.24, 2.45) is 0 Å². The summed E-state index contributed by atoms with van der Waals surface area (Å²) in [4.78, 5) is 38.7. The van der Waals surface area contributed by atoms with Gasteiger partial charge in [-0.25, -0.2) is 0 Å². The van der Waals surface area contributed by atoms with E-state index in [0.29, 0.717) is 12.8 Å². The fourth-order valence-corrected chi connectivity index (χ4v) is 2.83. The van der Waals surface area contributed by atoms with Crippen molar-refractivity contribution in [2.75, 3.05) is 20.1 Å². The fraction of sp³-hybridized carbons (Fsp3) is 0.786. The molecule has 2 rings (SSSR count). The maximum atomic E-state index is 12.3. The van der Waals surface area contributed by atoms with Gasteiger partial charge in [0, 0.05) is 26.6 Å². The van der Waals surface area contributed by atoms with E-state index in [-0.39, 0.29) is 23.8 Å². The molecule has 0 saturated carbocycles. The van der Waals surface area contributed by atoms with Gasteiger partial charge in [0.05, 0.1) is 12.1 Å². The van der Waals surface area contributed by atoms with Crippen LogP contribution in [0.4, 0.5) is 0 Å². The normalized spacial score (nSPS) is 25.8. The first-order chi connectivity index (χ1) is 9.50. The van der Waals surface area contributed by atoms with Gasteiger partial charge in [-0.1, -0.05) is 0 Å². The number of hydrogen-bond donors (Lipinski definition) is 1. The van der Waals surface area contributed by atoms with Crippen LogP contribution in [0.25, 0.3) is 0 Å². The van der Waals surface area contributed by atoms with Gasteiger partial charge in [-0.2, -0.15) is 0 Å². The molecule has 2 unspecified atom stereocenters. The first-order valence-corrected chi connectivity index (χ1v) is 7.36. The molecule has 0 radical (unpaired) electrons. The van der Waals surface area contributed by atoms with Crippen LogP contribution >= 0.6 is 0 Å². The zero-order chi connectivity index (χ0) is 14.7. The van der Waals surface area contributed by atoms with E-state index in [2.05, 4.69) is 5.32 Å². The van der Waals surface area contributed by atoms with Crippen LogP contribution in [0.2, 0.25) is 0 Å². The summed E-state index contributed by atoms with van der Waals surface area (Å²) in [6.07, 6.45) is 4.11. The topological polar surface area (TPSA) is 69.7 Å². The molecule has 2 aliphatic heterocycles. The van der Waals surface area contributed by atoms with Crippen molar-refractivity contribution >= 4 is 17.7 Å². The van der Waals surface area contributed by atoms with Crippen LogP contribution in [0.5, 0.6) is 0 Å². The average Bonchev–Trinajstić information content (AvgIpc) is 2.48. The minimum atomic E-state index is -0.429. The molecule has 0 spiro atoms. The second kappa shape index (κ2) is 6.35. The number of carbonyl (C=O) groups is 3. The van der Waals surface area contributed by atoms with E-state index in [9.17, 15) is 14.4 Å². The van der Waals surface area contributed by atoms with E-state index >= 15 is 0 Å². The predicted molar refractivity (Wildman–Crippen MR) is 73.8 cm³/mol. The van der Waals surface area contributed by atoms with E-state index in [1.54, 1.807) is 6.92 Å². The SMILES string of the molecule is CC(NC1CCC(=O)N(C)C1=O)C(=O)N1CCCCC1. The first kappa shape index (κ1) is 15.0. The molecule has 2 saturated heterocycles. The van der Waals surface area contributed by atoms with E-state index in [1.165, 1.54) is 13.5 Å². The molecule has 112 valence electrons. The Morgan fingerprint density at radius 1 is 1.25 bits per heavy atom. The molecule has 0 aromatic carbocycles. The summed E-state index contributed by atoms with van der Waals surface area (Å²) in [5.41, 5.74) is 0. The number of rotatable bonds is 3. The maximum Gasteiger partial charge on any atom is 0.246 e. The lowest BCUT2D eigenvalue weighted by Crippen LogP contribution is -2.57. The standard InChI is InChI=1S/C14H23N3O3/c1-10(13(19)17-8-4-3-5-9-17)15-11-6-7-12(18)16(2)14(11)20/h10-11,15H,3-9H2,1-2H3. The molecule has 1 N–H and O–H groups in total. The molecule has 0 bridgehead atoms. The highest BCUT2D eigenvalue weighted by molar-refractivity contribution is 6.00. The number of nitrogens with one attached hydrogen (secondary N) is 1. The largest absolute Gasteiger partial charge is 0.341 e. The van der Waals surface area contributed by atoms with E-state index < -0.39 is 6.04 Å². The van der Waals surface area contributed by atoms with Crippen molar-refractivity contribution in [2.45, 2.75) is 51.1 Å². The van der Waals surface area contributed by atoms with E-state index in [0.717, 1.165) is 30.8 Å². The number of likely N-dealkylation sites (tertiary alicyclic amines) is 2. The molecule has 2 fully saturated rings. The molecule has 2 heterocycles. The third kappa shape index (κ3) is 3.17. The van der Waals surface area contributed by atoms with Gasteiger partial charge in [-0.15, -0.1) is 0 Å². The highest BCUT2D eigenvalue weighted by Crippen LogP contribution is 2.14. The number of piperidine rings is 2. The number of nitrogens with zero attached hydrogens (tertiary/aromatic N) is 2. The maximum absolute atomic E-state index is 12.3. The van der Waals surface area contributed by atoms with Crippen LogP contribution in [0.1, 0.15) is 39.0 Å². The zero-order valence-electron chi connectivity index (χ0n) is 12.2. The second-order valence-electron chi connectivity index (χ2n) is 5.66. The highest BCUT2D eigenvalue weighted by atomic mass is 16.2. The van der Waals surface area contributed by atoms with Crippen molar-refractivity contribution < 1.29 is 14.4 Å². The Hall–Kier alpha value is -1.43. The molecule has 2 atom stereocenters. The molecular formula is C14H23N3O3. The van der Waals surface area contributed by atoms with Gasteiger partial charge in [0.15, 0.2) is 0 Å². The summed E-state index contributed by atoms with van der Waals surface area (Å²) in [5.74, 6) is -0.334. The Bertz CT molecular complexity index is 404. The molecule has 2 aliphatic rings. The molecule has 0 aliphatic carbocycles. The van der Waals surface area contributed by atoms with Gasteiger partial charge >= 0.3 is 0 Å². The molecule has 20 heavy (non-hydrogen) atoms. The Morgan fingerprint density at radius 3 is 2.55 bits per heavy atom. The summed E-state index contributed by atoms with van der Waals surface area (Å²) in [5, 5.41) is 3.08. The van der Waals surface area contributed by atoms with Gasteiger partial charge in [0.25, 0.3) is 0 Å². The van der Waals surface area contributed by atoms with Crippen LogP contribution in [0.3, 0.4) is 0 Å². The summed E-state index contributed by atoms with van der Waals surface area (Å²) in [6, 6.07) is -0.815. The lowest BCUT2D eigenvalue weighted by Gasteiger charge is -2.33. The summed E-state index contributed by atoms with van der Waals surface area (Å²) < 4.78 is 0. The lowest BCUT2D eigenvalue weighted by molar-refractivity contribution is -0.148. The van der Waals surface area contributed by atoms with Gasteiger partial charge < -0.3 is 4.90 Å². The number of likely N-dealkylation sites (N-methyl/N-ethyl adjacent to an activating group) is 1. The minimum Gasteiger partial charge on any atom is -0.341 e. The third-order valence-corrected chi connectivity index (χ3v) is 4.14. The van der Waals surface area contributed by atoms with Crippen molar-refractivity contribution in [1.29, 1.82) is 0 Å². The molecule has 6 heteroatoms. The highest BCUT2D eigenvalue weighted by Gasteiger charge is 2.34. The monoisotopic (exact) mass is 281 g/mol. The van der Waals surface area contributed by atoms with Crippen LogP contribution in [-0.2, 0) is 14.4 Å². The number of hydrogen-bond acceptors (Lipinski definition) is 4. The van der Waals surface area contributed by atoms with Gasteiger partial charge in [0.2, 0.25) is 17.7 Å². The minimum absolute atomic E-state index is 0.0528. The number of imide groups is 1. The number of amides is 3. The quantitative estimate of drug-likeness (QED) is 0.746. The van der Waals surface area contributed by atoms with Crippen molar-refractivity contribution in [1.82, 2.24) is 15.1 Å². The Kier molecular flexibility index (Phi) is 4.75. The predicted octanol–water partition coefficient (Wildman–Crippen LogP) is 0.124. The molecule has 3 amide bonds. The second-order valence-corrected chi connectivity index (χ2v) is 5.66. The summed E-state index contributed by atoms with van der Waals surface area (Å²) >= 11 is 0. The number of carbonyl (C=O) groups excluding carboxylic acids is 3. The molecule has 0 aromatic heterocycles. The molecular weight excluding hydrogens is 258 g/mol. The zero-order valence-corrected chi connectivity index (χ0v) is 12.2. The fourth-order valence-electron chi connectivity index (χ4n) is 2.83. The summed E-state index contributed by atoms with van der Waals surface area (Å²) in [7, 11) is 1.50. The van der Waals surface area contributed by atoms with Crippen LogP contribution in [0.15, 0.2) is 0 Å². The van der Waals surface area contributed by atoms with E-state index in [1.807, 2.05) is 4.90 Å². The van der Waals surface area contributed by atoms with Gasteiger partial charge in [-0.3, -0.25) is 24.6 Å². The third-order valence-electron chi connectivity index (χ3n) is 4.14. The van der Waals surface area contributed by atoms with Crippen LogP contribution in [0, 0.1) is 0 Å². The van der Waals surface area contributed by atoms with E-state index in [4.69, 9.17) is 0 Å². The first-order valence-electron chi connectivity index (χ1n) is 7.36. The smallest absolute Gasteiger partial charge is 0.246 e. The lowest BCUT2D eigenvalue weighted by atomic mass is 10.0. The molecule has 6 nitrogen and oxygen atoms in total. The Balaban J connectivity index is 1.90. The van der Waals surface area contributed by atoms with Gasteiger partial charge in [0.1, 0.15) is 0 Å². The van der Waals surface area contributed by atoms with Crippen molar-refractivity contribution in [3.63, 3.8) is 0 Å². The van der Waals surface area contributed by atoms with Crippen molar-refractivity contribution in [3.05, 3.63) is 0 Å².